The van der Waals surface area contributed by atoms with Crippen LogP contribution in [0.4, 0.5) is 10.5 Å². The van der Waals surface area contributed by atoms with Gasteiger partial charge >= 0.3 is 6.09 Å². The number of benzene rings is 1. The number of nitrogens with zero attached hydrogens (tertiary/aromatic N) is 3. The number of anilines is 1. The van der Waals surface area contributed by atoms with E-state index in [-0.39, 0.29) is 11.2 Å². The minimum absolute atomic E-state index is 0.149. The number of ether oxygens (including phenoxy) is 1. The Hall–Kier alpha value is -3.00. The van der Waals surface area contributed by atoms with Gasteiger partial charge in [-0.15, -0.1) is 5.10 Å². The molecule has 0 bridgehead atoms. The summed E-state index contributed by atoms with van der Waals surface area (Å²) in [6.07, 6.45) is -1.25. The van der Waals surface area contributed by atoms with Gasteiger partial charge in [0, 0.05) is 18.3 Å². The molecule has 1 amide bonds. The van der Waals surface area contributed by atoms with Crippen molar-refractivity contribution in [2.75, 3.05) is 12.4 Å². The molecule has 8 nitrogen and oxygen atoms in total. The molecule has 1 aromatic carbocycles. The number of nitrogens with one attached hydrogen (secondary N) is 1. The van der Waals surface area contributed by atoms with Crippen LogP contribution < -0.4 is 15.6 Å². The van der Waals surface area contributed by atoms with Gasteiger partial charge in [-0.05, 0) is 31.2 Å². The Kier molecular flexibility index (Phi) is 4.13. The molecule has 2 heterocycles. The molecule has 0 unspecified atom stereocenters. The molecular formula is C16H15ClN4O4. The van der Waals surface area contributed by atoms with Crippen LogP contribution in [0, 0.1) is 6.92 Å². The van der Waals surface area contributed by atoms with Crippen molar-refractivity contribution >= 4 is 28.9 Å². The lowest BCUT2D eigenvalue weighted by Gasteiger charge is -2.12. The highest BCUT2D eigenvalue weighted by molar-refractivity contribution is 6.33. The van der Waals surface area contributed by atoms with Gasteiger partial charge in [0.15, 0.2) is 11.3 Å². The maximum Gasteiger partial charge on any atom is 0.409 e. The number of aryl methyl sites for hydroxylation is 1. The lowest BCUT2D eigenvalue weighted by molar-refractivity contribution is 0.210. The molecule has 0 radical (unpaired) electrons. The number of carboxylic acid groups (broad SMARTS) is 1. The predicted octanol–water partition coefficient (Wildman–Crippen LogP) is 2.76. The van der Waals surface area contributed by atoms with Crippen LogP contribution in [0.3, 0.4) is 0 Å². The molecule has 130 valence electrons. The lowest BCUT2D eigenvalue weighted by Crippen LogP contribution is -2.24. The molecular weight excluding hydrogens is 348 g/mol. The molecule has 0 aliphatic carbocycles. The Morgan fingerprint density at radius 2 is 2.08 bits per heavy atom. The van der Waals surface area contributed by atoms with Gasteiger partial charge in [0.25, 0.3) is 5.56 Å². The van der Waals surface area contributed by atoms with Crippen LogP contribution in [0.1, 0.15) is 5.69 Å². The Morgan fingerprint density at radius 1 is 1.36 bits per heavy atom. The third kappa shape index (κ3) is 2.80. The maximum atomic E-state index is 12.8. The van der Waals surface area contributed by atoms with Crippen LogP contribution in [0.5, 0.6) is 5.75 Å². The standard InChI is InChI=1S/C16H15ClN4O4/c1-8-6-12(18-16(23)24)13-15(22)20(2)14(19-21(8)13)10-5-4-9(25-3)7-11(10)17/h4-7,18H,1-3H3,(H,23,24). The SMILES string of the molecule is COc1ccc(-c2nn3c(C)cc(NC(=O)O)c3c(=O)n2C)c(Cl)c1. The van der Waals surface area contributed by atoms with Crippen LogP contribution >= 0.6 is 11.6 Å². The van der Waals surface area contributed by atoms with Crippen molar-refractivity contribution in [2.45, 2.75) is 6.92 Å². The molecule has 3 aromatic rings. The van der Waals surface area contributed by atoms with Gasteiger partial charge in [-0.1, -0.05) is 11.6 Å². The van der Waals surface area contributed by atoms with Crippen LogP contribution in [0.2, 0.25) is 5.02 Å². The first-order valence-corrected chi connectivity index (χ1v) is 7.64. The van der Waals surface area contributed by atoms with E-state index in [1.54, 1.807) is 38.2 Å². The summed E-state index contributed by atoms with van der Waals surface area (Å²) >= 11 is 6.30. The average Bonchev–Trinajstić information content (AvgIpc) is 2.86. The lowest BCUT2D eigenvalue weighted by atomic mass is 10.2. The second-order valence-electron chi connectivity index (χ2n) is 5.42. The third-order valence-corrected chi connectivity index (χ3v) is 4.15. The van der Waals surface area contributed by atoms with Gasteiger partial charge in [0.2, 0.25) is 0 Å². The van der Waals surface area contributed by atoms with E-state index in [4.69, 9.17) is 21.4 Å². The van der Waals surface area contributed by atoms with Gasteiger partial charge in [0.05, 0.1) is 17.8 Å². The van der Waals surface area contributed by atoms with Gasteiger partial charge in [-0.3, -0.25) is 14.7 Å². The number of halogens is 1. The largest absolute Gasteiger partial charge is 0.497 e. The summed E-state index contributed by atoms with van der Waals surface area (Å²) in [6.45, 7) is 1.73. The van der Waals surface area contributed by atoms with E-state index in [9.17, 15) is 9.59 Å². The summed E-state index contributed by atoms with van der Waals surface area (Å²) in [7, 11) is 3.09. The monoisotopic (exact) mass is 362 g/mol. The fraction of sp³-hybridized carbons (Fsp3) is 0.188. The molecule has 25 heavy (non-hydrogen) atoms. The van der Waals surface area contributed by atoms with Crippen molar-refractivity contribution in [2.24, 2.45) is 7.05 Å². The molecule has 0 aliphatic rings. The second kappa shape index (κ2) is 6.14. The van der Waals surface area contributed by atoms with Gasteiger partial charge in [-0.25, -0.2) is 9.31 Å². The first-order valence-electron chi connectivity index (χ1n) is 7.26. The third-order valence-electron chi connectivity index (χ3n) is 3.83. The molecule has 0 atom stereocenters. The summed E-state index contributed by atoms with van der Waals surface area (Å²) in [5, 5.41) is 16.0. The summed E-state index contributed by atoms with van der Waals surface area (Å²) < 4.78 is 7.86. The zero-order valence-corrected chi connectivity index (χ0v) is 14.5. The molecule has 0 saturated carbocycles. The Balaban J connectivity index is 2.29. The van der Waals surface area contributed by atoms with E-state index in [0.717, 1.165) is 0 Å². The number of fused-ring (bicyclic) bond motifs is 1. The Labute approximate surface area is 147 Å². The molecule has 0 saturated heterocycles. The maximum absolute atomic E-state index is 12.8. The number of carbonyl (C=O) groups is 1. The normalized spacial score (nSPS) is 10.9. The molecule has 9 heteroatoms. The number of hydrogen-bond donors (Lipinski definition) is 2. The number of aromatic nitrogens is 3. The van der Waals surface area contributed by atoms with E-state index >= 15 is 0 Å². The van der Waals surface area contributed by atoms with Crippen LogP contribution in [-0.4, -0.2) is 32.5 Å². The van der Waals surface area contributed by atoms with E-state index in [0.29, 0.717) is 27.9 Å². The highest BCUT2D eigenvalue weighted by Gasteiger charge is 2.19. The van der Waals surface area contributed by atoms with Crippen molar-refractivity contribution < 1.29 is 14.6 Å². The summed E-state index contributed by atoms with van der Waals surface area (Å²) in [4.78, 5) is 23.7. The van der Waals surface area contributed by atoms with Gasteiger partial charge in [-0.2, -0.15) is 0 Å². The predicted molar refractivity (Wildman–Crippen MR) is 93.8 cm³/mol. The van der Waals surface area contributed by atoms with Crippen LogP contribution in [0.15, 0.2) is 29.1 Å². The van der Waals surface area contributed by atoms with E-state index < -0.39 is 11.7 Å². The zero-order chi connectivity index (χ0) is 18.3. The minimum atomic E-state index is -1.25. The highest BCUT2D eigenvalue weighted by Crippen LogP contribution is 2.30. The van der Waals surface area contributed by atoms with Crippen LogP contribution in [-0.2, 0) is 7.05 Å². The average molecular weight is 363 g/mol. The second-order valence-corrected chi connectivity index (χ2v) is 5.83. The summed E-state index contributed by atoms with van der Waals surface area (Å²) in [6, 6.07) is 6.62. The summed E-state index contributed by atoms with van der Waals surface area (Å²) in [5.74, 6) is 0.940. The molecule has 0 aliphatic heterocycles. The minimum Gasteiger partial charge on any atom is -0.497 e. The first kappa shape index (κ1) is 16.8. The quantitative estimate of drug-likeness (QED) is 0.746. The summed E-state index contributed by atoms with van der Waals surface area (Å²) in [5.41, 5.74) is 1.11. The molecule has 3 rings (SSSR count). The fourth-order valence-electron chi connectivity index (χ4n) is 2.63. The number of rotatable bonds is 3. The number of methoxy groups -OCH3 is 1. The molecule has 2 N–H and O–H groups in total. The van der Waals surface area contributed by atoms with Crippen molar-refractivity contribution in [1.82, 2.24) is 14.2 Å². The smallest absolute Gasteiger partial charge is 0.409 e. The van der Waals surface area contributed by atoms with Crippen LogP contribution in [0.25, 0.3) is 16.9 Å². The topological polar surface area (TPSA) is 97.9 Å². The highest BCUT2D eigenvalue weighted by atomic mass is 35.5. The van der Waals surface area contributed by atoms with Gasteiger partial charge in [0.1, 0.15) is 5.75 Å². The molecule has 0 fully saturated rings. The number of hydrogen-bond acceptors (Lipinski definition) is 4. The molecule has 2 aromatic heterocycles. The molecule has 0 spiro atoms. The van der Waals surface area contributed by atoms with Crippen molar-refractivity contribution in [3.8, 4) is 17.1 Å². The Bertz CT molecular complexity index is 1050. The van der Waals surface area contributed by atoms with E-state index in [1.807, 2.05) is 0 Å². The fourth-order valence-corrected chi connectivity index (χ4v) is 2.88. The van der Waals surface area contributed by atoms with Crippen molar-refractivity contribution in [1.29, 1.82) is 0 Å². The zero-order valence-electron chi connectivity index (χ0n) is 13.7. The van der Waals surface area contributed by atoms with Gasteiger partial charge < -0.3 is 9.84 Å². The number of amides is 1. The first-order chi connectivity index (χ1) is 11.8. The van der Waals surface area contributed by atoms with E-state index in [1.165, 1.54) is 16.2 Å². The van der Waals surface area contributed by atoms with Crippen molar-refractivity contribution in [3.05, 3.63) is 45.3 Å². The Morgan fingerprint density at radius 3 is 2.68 bits per heavy atom. The van der Waals surface area contributed by atoms with E-state index in [2.05, 4.69) is 10.4 Å². The van der Waals surface area contributed by atoms with Crippen molar-refractivity contribution in [3.63, 3.8) is 0 Å².